The van der Waals surface area contributed by atoms with Crippen molar-refractivity contribution >= 4 is 6.09 Å². The monoisotopic (exact) mass is 256 g/mol. The van der Waals surface area contributed by atoms with Crippen LogP contribution in [0.5, 0.6) is 0 Å². The molecule has 0 aliphatic rings. The van der Waals surface area contributed by atoms with Gasteiger partial charge in [0.2, 0.25) is 0 Å². The van der Waals surface area contributed by atoms with E-state index >= 15 is 0 Å². The van der Waals surface area contributed by atoms with E-state index in [1.54, 1.807) is 6.92 Å². The third-order valence-corrected chi connectivity index (χ3v) is 1.17. The summed E-state index contributed by atoms with van der Waals surface area (Å²) in [5.41, 5.74) is 5.18. The summed E-state index contributed by atoms with van der Waals surface area (Å²) in [6.45, 7) is 9.63. The molecule has 0 fully saturated rings. The molecule has 1 atom stereocenters. The Balaban J connectivity index is -0.000000439. The van der Waals surface area contributed by atoms with Crippen LogP contribution in [0, 0.1) is 0 Å². The first kappa shape index (κ1) is 21.4. The summed E-state index contributed by atoms with van der Waals surface area (Å²) in [5.74, 6) is -3.00. The summed E-state index contributed by atoms with van der Waals surface area (Å²) in [6, 6.07) is -0.280. The predicted octanol–water partition coefficient (Wildman–Crippen LogP) is 2.77. The Morgan fingerprint density at radius 1 is 1.35 bits per heavy atom. The van der Waals surface area contributed by atoms with Crippen LogP contribution in [0.2, 0.25) is 0 Å². The number of hydrogen-bond acceptors (Lipinski definition) is 3. The molecule has 1 amide bonds. The Kier molecular flexibility index (Phi) is 16.5. The third-order valence-electron chi connectivity index (χ3n) is 1.17. The zero-order chi connectivity index (χ0) is 14.5. The van der Waals surface area contributed by atoms with Gasteiger partial charge in [-0.3, -0.25) is 0 Å². The second-order valence-electron chi connectivity index (χ2n) is 2.93. The molecule has 0 aromatic carbocycles. The average molecular weight is 256 g/mol. The third kappa shape index (κ3) is 21.0. The molecule has 0 aliphatic heterocycles. The SMILES string of the molecule is CC.CC.CC(CN)NC(=O)OCC(C)(F)F. The summed E-state index contributed by atoms with van der Waals surface area (Å²) in [5, 5.41) is 2.28. The van der Waals surface area contributed by atoms with E-state index in [0.717, 1.165) is 0 Å². The van der Waals surface area contributed by atoms with E-state index in [1.165, 1.54) is 0 Å². The summed E-state index contributed by atoms with van der Waals surface area (Å²) in [6.07, 6.45) is -0.875. The quantitative estimate of drug-likeness (QED) is 0.813. The minimum atomic E-state index is -3.00. The Hall–Kier alpha value is -0.910. The molecule has 17 heavy (non-hydrogen) atoms. The van der Waals surface area contributed by atoms with Gasteiger partial charge in [-0.1, -0.05) is 27.7 Å². The number of rotatable bonds is 4. The van der Waals surface area contributed by atoms with Gasteiger partial charge in [0.1, 0.15) is 0 Å². The van der Waals surface area contributed by atoms with Gasteiger partial charge in [-0.15, -0.1) is 0 Å². The molecule has 0 bridgehead atoms. The Bertz CT molecular complexity index is 173. The van der Waals surface area contributed by atoms with Crippen molar-refractivity contribution in [1.29, 1.82) is 0 Å². The van der Waals surface area contributed by atoms with Crippen molar-refractivity contribution in [2.75, 3.05) is 13.2 Å². The molecule has 0 heterocycles. The largest absolute Gasteiger partial charge is 0.443 e. The van der Waals surface area contributed by atoms with Gasteiger partial charge in [0.15, 0.2) is 6.61 Å². The molecule has 106 valence electrons. The lowest BCUT2D eigenvalue weighted by atomic mass is 10.3. The van der Waals surface area contributed by atoms with Gasteiger partial charge in [0.05, 0.1) is 0 Å². The summed E-state index contributed by atoms with van der Waals surface area (Å²) >= 11 is 0. The van der Waals surface area contributed by atoms with Crippen molar-refractivity contribution < 1.29 is 18.3 Å². The maximum atomic E-state index is 12.2. The van der Waals surface area contributed by atoms with Crippen LogP contribution in [0.25, 0.3) is 0 Å². The molecular weight excluding hydrogens is 230 g/mol. The standard InChI is InChI=1S/C7H14F2N2O2.2C2H6/c1-5(3-10)11-6(12)13-4-7(2,8)9;2*1-2/h5H,3-4,10H2,1-2H3,(H,11,12);2*1-2H3. The van der Waals surface area contributed by atoms with Crippen LogP contribution in [0.1, 0.15) is 41.5 Å². The first-order valence-corrected chi connectivity index (χ1v) is 5.86. The van der Waals surface area contributed by atoms with E-state index in [4.69, 9.17) is 5.73 Å². The molecule has 0 saturated carbocycles. The first-order chi connectivity index (χ1) is 7.85. The number of ether oxygens (including phenoxy) is 1. The lowest BCUT2D eigenvalue weighted by Crippen LogP contribution is -2.39. The number of carbonyl (C=O) groups excluding carboxylic acids is 1. The highest BCUT2D eigenvalue weighted by molar-refractivity contribution is 5.67. The fraction of sp³-hybridized carbons (Fsp3) is 0.909. The maximum absolute atomic E-state index is 12.2. The zero-order valence-electron chi connectivity index (χ0n) is 11.6. The number of amides is 1. The van der Waals surface area contributed by atoms with Crippen molar-refractivity contribution in [3.05, 3.63) is 0 Å². The van der Waals surface area contributed by atoms with Crippen molar-refractivity contribution in [2.45, 2.75) is 53.5 Å². The van der Waals surface area contributed by atoms with Crippen molar-refractivity contribution in [3.63, 3.8) is 0 Å². The van der Waals surface area contributed by atoms with Crippen LogP contribution in [-0.4, -0.2) is 31.2 Å². The van der Waals surface area contributed by atoms with Gasteiger partial charge < -0.3 is 15.8 Å². The van der Waals surface area contributed by atoms with Crippen LogP contribution in [0.3, 0.4) is 0 Å². The highest BCUT2D eigenvalue weighted by atomic mass is 19.3. The van der Waals surface area contributed by atoms with E-state index < -0.39 is 18.6 Å². The number of carbonyl (C=O) groups is 1. The fourth-order valence-electron chi connectivity index (χ4n) is 0.494. The highest BCUT2D eigenvalue weighted by Gasteiger charge is 2.23. The fourth-order valence-corrected chi connectivity index (χ4v) is 0.494. The smallest absolute Gasteiger partial charge is 0.407 e. The summed E-state index contributed by atoms with van der Waals surface area (Å²) in [7, 11) is 0. The maximum Gasteiger partial charge on any atom is 0.407 e. The van der Waals surface area contributed by atoms with Gasteiger partial charge in [0.25, 0.3) is 5.92 Å². The zero-order valence-corrected chi connectivity index (χ0v) is 11.6. The van der Waals surface area contributed by atoms with Crippen LogP contribution < -0.4 is 11.1 Å². The van der Waals surface area contributed by atoms with Crippen LogP contribution in [0.4, 0.5) is 13.6 Å². The average Bonchev–Trinajstić information content (AvgIpc) is 2.30. The number of alkyl carbamates (subject to hydrolysis) is 1. The van der Waals surface area contributed by atoms with E-state index in [0.29, 0.717) is 6.92 Å². The molecule has 0 aromatic rings. The lowest BCUT2D eigenvalue weighted by molar-refractivity contribution is -0.0388. The molecule has 0 rings (SSSR count). The minimum Gasteiger partial charge on any atom is -0.443 e. The van der Waals surface area contributed by atoms with E-state index in [1.807, 2.05) is 27.7 Å². The van der Waals surface area contributed by atoms with Crippen molar-refractivity contribution in [3.8, 4) is 0 Å². The van der Waals surface area contributed by atoms with Gasteiger partial charge >= 0.3 is 6.09 Å². The predicted molar refractivity (Wildman–Crippen MR) is 66.3 cm³/mol. The van der Waals surface area contributed by atoms with E-state index in [2.05, 4.69) is 10.1 Å². The van der Waals surface area contributed by atoms with Gasteiger partial charge in [-0.25, -0.2) is 13.6 Å². The van der Waals surface area contributed by atoms with Crippen molar-refractivity contribution in [2.24, 2.45) is 5.73 Å². The molecule has 6 heteroatoms. The van der Waals surface area contributed by atoms with Crippen LogP contribution in [0.15, 0.2) is 0 Å². The molecule has 3 N–H and O–H groups in total. The van der Waals surface area contributed by atoms with Gasteiger partial charge in [-0.2, -0.15) is 0 Å². The molecule has 1 unspecified atom stereocenters. The molecule has 0 saturated heterocycles. The number of halogens is 2. The molecule has 4 nitrogen and oxygen atoms in total. The number of hydrogen-bond donors (Lipinski definition) is 2. The molecule has 0 aliphatic carbocycles. The second kappa shape index (κ2) is 13.2. The van der Waals surface area contributed by atoms with Crippen LogP contribution in [-0.2, 0) is 4.74 Å². The lowest BCUT2D eigenvalue weighted by Gasteiger charge is -2.14. The normalized spacial score (nSPS) is 11.1. The Morgan fingerprint density at radius 3 is 2.06 bits per heavy atom. The number of alkyl halides is 2. The Labute approximate surface area is 103 Å². The number of nitrogens with one attached hydrogen (secondary N) is 1. The van der Waals surface area contributed by atoms with Crippen LogP contribution >= 0.6 is 0 Å². The van der Waals surface area contributed by atoms with Gasteiger partial charge in [-0.05, 0) is 6.92 Å². The van der Waals surface area contributed by atoms with E-state index in [9.17, 15) is 13.6 Å². The van der Waals surface area contributed by atoms with E-state index in [-0.39, 0.29) is 12.6 Å². The summed E-state index contributed by atoms with van der Waals surface area (Å²) < 4.78 is 28.6. The highest BCUT2D eigenvalue weighted by Crippen LogP contribution is 2.11. The first-order valence-electron chi connectivity index (χ1n) is 5.86. The second-order valence-corrected chi connectivity index (χ2v) is 2.93. The summed E-state index contributed by atoms with van der Waals surface area (Å²) in [4.78, 5) is 10.7. The minimum absolute atomic E-state index is 0.234. The molecule has 0 aromatic heterocycles. The topological polar surface area (TPSA) is 64.3 Å². The Morgan fingerprint density at radius 2 is 1.76 bits per heavy atom. The molecule has 0 radical (unpaired) electrons. The molecule has 0 spiro atoms. The van der Waals surface area contributed by atoms with Crippen molar-refractivity contribution in [1.82, 2.24) is 5.32 Å². The van der Waals surface area contributed by atoms with Gasteiger partial charge in [0, 0.05) is 19.5 Å². The number of nitrogens with two attached hydrogens (primary N) is 1. The molecular formula is C11H26F2N2O2.